The van der Waals surface area contributed by atoms with Crippen molar-refractivity contribution in [2.24, 2.45) is 0 Å². The number of nitrogens with zero attached hydrogens (tertiary/aromatic N) is 3. The van der Waals surface area contributed by atoms with Crippen molar-refractivity contribution in [2.75, 3.05) is 32.7 Å². The van der Waals surface area contributed by atoms with Crippen LogP contribution >= 0.6 is 11.6 Å². The number of aromatic nitrogens is 1. The van der Waals surface area contributed by atoms with Crippen molar-refractivity contribution in [1.29, 1.82) is 0 Å². The molecule has 0 amide bonds. The number of piperazine rings is 1. The molecule has 1 saturated heterocycles. The van der Waals surface area contributed by atoms with Crippen molar-refractivity contribution in [3.05, 3.63) is 23.5 Å². The molecule has 1 aromatic rings. The van der Waals surface area contributed by atoms with Crippen LogP contribution in [0.2, 0.25) is 5.15 Å². The molecule has 1 aliphatic rings. The van der Waals surface area contributed by atoms with Gasteiger partial charge in [-0.3, -0.25) is 0 Å². The lowest BCUT2D eigenvalue weighted by molar-refractivity contribution is 0.188. The molecule has 5 nitrogen and oxygen atoms in total. The van der Waals surface area contributed by atoms with Gasteiger partial charge in [-0.25, -0.2) is 13.4 Å². The van der Waals surface area contributed by atoms with Crippen LogP contribution in [-0.4, -0.2) is 55.3 Å². The van der Waals surface area contributed by atoms with E-state index in [4.69, 9.17) is 11.6 Å². The molecule has 106 valence electrons. The van der Waals surface area contributed by atoms with Gasteiger partial charge in [0.15, 0.2) is 0 Å². The second-order valence-corrected chi connectivity index (χ2v) is 6.89. The molecule has 0 aromatic carbocycles. The summed E-state index contributed by atoms with van der Waals surface area (Å²) in [5, 5.41) is 0.200. The summed E-state index contributed by atoms with van der Waals surface area (Å²) >= 11 is 5.75. The van der Waals surface area contributed by atoms with E-state index in [0.717, 1.165) is 26.1 Å². The van der Waals surface area contributed by atoms with Crippen molar-refractivity contribution >= 4 is 21.6 Å². The average Bonchev–Trinajstić information content (AvgIpc) is 2.40. The van der Waals surface area contributed by atoms with Crippen molar-refractivity contribution in [2.45, 2.75) is 18.2 Å². The lowest BCUT2D eigenvalue weighted by Gasteiger charge is -2.33. The van der Waals surface area contributed by atoms with E-state index in [1.54, 1.807) is 0 Å². The molecule has 0 saturated carbocycles. The van der Waals surface area contributed by atoms with Crippen molar-refractivity contribution in [1.82, 2.24) is 14.2 Å². The van der Waals surface area contributed by atoms with Crippen LogP contribution in [0, 0.1) is 0 Å². The van der Waals surface area contributed by atoms with Crippen LogP contribution in [0.15, 0.2) is 23.2 Å². The van der Waals surface area contributed by atoms with E-state index in [9.17, 15) is 8.42 Å². The van der Waals surface area contributed by atoms with Gasteiger partial charge in [0, 0.05) is 32.4 Å². The summed E-state index contributed by atoms with van der Waals surface area (Å²) < 4.78 is 26.4. The number of rotatable bonds is 4. The molecular weight excluding hydrogens is 286 g/mol. The Hall–Kier alpha value is -0.690. The SMILES string of the molecule is CCCN1CCN(S(=O)(=O)c2ccnc(Cl)c2)CC1. The Morgan fingerprint density at radius 2 is 2.00 bits per heavy atom. The van der Waals surface area contributed by atoms with E-state index in [1.807, 2.05) is 0 Å². The van der Waals surface area contributed by atoms with Gasteiger partial charge in [0.2, 0.25) is 10.0 Å². The predicted octanol–water partition coefficient (Wildman–Crippen LogP) is 1.45. The Labute approximate surface area is 119 Å². The zero-order valence-corrected chi connectivity index (χ0v) is 12.5. The van der Waals surface area contributed by atoms with Crippen molar-refractivity contribution in [3.63, 3.8) is 0 Å². The highest BCUT2D eigenvalue weighted by atomic mass is 35.5. The van der Waals surface area contributed by atoms with Gasteiger partial charge in [-0.05, 0) is 25.1 Å². The maximum absolute atomic E-state index is 12.4. The number of hydrogen-bond acceptors (Lipinski definition) is 4. The third kappa shape index (κ3) is 3.45. The van der Waals surface area contributed by atoms with Gasteiger partial charge < -0.3 is 4.90 Å². The Kier molecular flexibility index (Phi) is 4.78. The van der Waals surface area contributed by atoms with E-state index >= 15 is 0 Å². The second-order valence-electron chi connectivity index (χ2n) is 4.56. The van der Waals surface area contributed by atoms with Crippen LogP contribution in [0.4, 0.5) is 0 Å². The Balaban J connectivity index is 2.10. The summed E-state index contributed by atoms with van der Waals surface area (Å²) in [6.07, 6.45) is 2.51. The molecule has 0 bridgehead atoms. The highest BCUT2D eigenvalue weighted by Crippen LogP contribution is 2.19. The van der Waals surface area contributed by atoms with Crippen LogP contribution in [0.3, 0.4) is 0 Å². The fourth-order valence-electron chi connectivity index (χ4n) is 2.20. The van der Waals surface area contributed by atoms with Crippen LogP contribution < -0.4 is 0 Å². The maximum Gasteiger partial charge on any atom is 0.243 e. The van der Waals surface area contributed by atoms with E-state index in [2.05, 4.69) is 16.8 Å². The lowest BCUT2D eigenvalue weighted by Crippen LogP contribution is -2.48. The van der Waals surface area contributed by atoms with Gasteiger partial charge in [-0.15, -0.1) is 0 Å². The summed E-state index contributed by atoms with van der Waals surface area (Å²) in [4.78, 5) is 6.31. The normalized spacial score (nSPS) is 18.6. The second kappa shape index (κ2) is 6.17. The first-order valence-corrected chi connectivity index (χ1v) is 8.20. The molecule has 2 heterocycles. The number of sulfonamides is 1. The zero-order valence-electron chi connectivity index (χ0n) is 10.9. The molecule has 7 heteroatoms. The molecule has 0 unspecified atom stereocenters. The van der Waals surface area contributed by atoms with Gasteiger partial charge >= 0.3 is 0 Å². The van der Waals surface area contributed by atoms with Crippen molar-refractivity contribution in [3.8, 4) is 0 Å². The van der Waals surface area contributed by atoms with Crippen LogP contribution in [0.1, 0.15) is 13.3 Å². The standard InChI is InChI=1S/C12H18ClN3O2S/c1-2-5-15-6-8-16(9-7-15)19(17,18)11-3-4-14-12(13)10-11/h3-4,10H,2,5-9H2,1H3. The molecule has 2 rings (SSSR count). The van der Waals surface area contributed by atoms with Crippen LogP contribution in [-0.2, 0) is 10.0 Å². The van der Waals surface area contributed by atoms with E-state index < -0.39 is 10.0 Å². The molecule has 1 fully saturated rings. The van der Waals surface area contributed by atoms with E-state index in [0.29, 0.717) is 13.1 Å². The van der Waals surface area contributed by atoms with E-state index in [-0.39, 0.29) is 10.0 Å². The first-order valence-electron chi connectivity index (χ1n) is 6.38. The molecule has 1 aliphatic heterocycles. The Bertz CT molecular complexity index is 528. The summed E-state index contributed by atoms with van der Waals surface area (Å²) in [7, 11) is -3.44. The van der Waals surface area contributed by atoms with Gasteiger partial charge in [0.1, 0.15) is 5.15 Å². The minimum absolute atomic E-state index is 0.200. The Morgan fingerprint density at radius 1 is 1.32 bits per heavy atom. The molecule has 0 aliphatic carbocycles. The first-order chi connectivity index (χ1) is 9.04. The molecule has 0 atom stereocenters. The monoisotopic (exact) mass is 303 g/mol. The fraction of sp³-hybridized carbons (Fsp3) is 0.583. The van der Waals surface area contributed by atoms with E-state index in [1.165, 1.54) is 22.6 Å². The quantitative estimate of drug-likeness (QED) is 0.790. The van der Waals surface area contributed by atoms with Gasteiger partial charge in [0.05, 0.1) is 4.90 Å². The smallest absolute Gasteiger partial charge is 0.243 e. The molecular formula is C12H18ClN3O2S. The Morgan fingerprint density at radius 3 is 2.58 bits per heavy atom. The maximum atomic E-state index is 12.4. The third-order valence-corrected chi connectivity index (χ3v) is 5.31. The average molecular weight is 304 g/mol. The molecule has 0 spiro atoms. The molecule has 1 aromatic heterocycles. The number of halogens is 1. The molecule has 0 radical (unpaired) electrons. The van der Waals surface area contributed by atoms with Gasteiger partial charge in [-0.2, -0.15) is 4.31 Å². The third-order valence-electron chi connectivity index (χ3n) is 3.21. The van der Waals surface area contributed by atoms with Crippen LogP contribution in [0.5, 0.6) is 0 Å². The summed E-state index contributed by atoms with van der Waals surface area (Å²) in [6.45, 7) is 5.78. The van der Waals surface area contributed by atoms with Gasteiger partial charge in [-0.1, -0.05) is 18.5 Å². The number of hydrogen-bond donors (Lipinski definition) is 0. The highest BCUT2D eigenvalue weighted by molar-refractivity contribution is 7.89. The minimum atomic E-state index is -3.44. The number of pyridine rings is 1. The lowest BCUT2D eigenvalue weighted by atomic mass is 10.3. The van der Waals surface area contributed by atoms with Gasteiger partial charge in [0.25, 0.3) is 0 Å². The highest BCUT2D eigenvalue weighted by Gasteiger charge is 2.28. The zero-order chi connectivity index (χ0) is 13.9. The summed E-state index contributed by atoms with van der Waals surface area (Å²) in [5.74, 6) is 0. The topological polar surface area (TPSA) is 53.5 Å². The van der Waals surface area contributed by atoms with Crippen molar-refractivity contribution < 1.29 is 8.42 Å². The largest absolute Gasteiger partial charge is 0.301 e. The summed E-state index contributed by atoms with van der Waals surface area (Å²) in [6, 6.07) is 2.88. The molecule has 0 N–H and O–H groups in total. The first kappa shape index (κ1) is 14.7. The fourth-order valence-corrected chi connectivity index (χ4v) is 3.88. The predicted molar refractivity (Wildman–Crippen MR) is 74.7 cm³/mol. The summed E-state index contributed by atoms with van der Waals surface area (Å²) in [5.41, 5.74) is 0. The minimum Gasteiger partial charge on any atom is -0.301 e. The van der Waals surface area contributed by atoms with Crippen LogP contribution in [0.25, 0.3) is 0 Å². The molecule has 19 heavy (non-hydrogen) atoms.